The number of alkyl halides is 3. The summed E-state index contributed by atoms with van der Waals surface area (Å²) in [5, 5.41) is 0. The number of rotatable bonds is 2. The summed E-state index contributed by atoms with van der Waals surface area (Å²) < 4.78 is 37.1. The highest BCUT2D eigenvalue weighted by molar-refractivity contribution is 5.46. The second kappa shape index (κ2) is 4.68. The minimum absolute atomic E-state index is 0.470. The SMILES string of the molecule is Nc1ccncc1Cc1ccc(C(F)(F)F)cc1. The molecule has 0 aliphatic rings. The number of hydrogen-bond acceptors (Lipinski definition) is 2. The number of halogens is 3. The minimum atomic E-state index is -4.30. The smallest absolute Gasteiger partial charge is 0.398 e. The van der Waals surface area contributed by atoms with E-state index in [1.807, 2.05) is 0 Å². The molecule has 94 valence electrons. The van der Waals surface area contributed by atoms with Gasteiger partial charge in [0.05, 0.1) is 5.56 Å². The van der Waals surface area contributed by atoms with Gasteiger partial charge in [0, 0.05) is 24.5 Å². The molecule has 0 fully saturated rings. The van der Waals surface area contributed by atoms with Crippen LogP contribution in [-0.4, -0.2) is 4.98 Å². The zero-order chi connectivity index (χ0) is 13.2. The van der Waals surface area contributed by atoms with E-state index in [1.54, 1.807) is 18.5 Å². The van der Waals surface area contributed by atoms with Crippen LogP contribution in [0.15, 0.2) is 42.7 Å². The Labute approximate surface area is 102 Å². The van der Waals surface area contributed by atoms with E-state index < -0.39 is 11.7 Å². The summed E-state index contributed by atoms with van der Waals surface area (Å²) in [5.41, 5.74) is 7.26. The molecule has 0 atom stereocenters. The molecule has 0 radical (unpaired) electrons. The molecule has 0 unspecified atom stereocenters. The van der Waals surface area contributed by atoms with Gasteiger partial charge < -0.3 is 5.73 Å². The average Bonchev–Trinajstić information content (AvgIpc) is 2.32. The number of nitrogens with two attached hydrogens (primary N) is 1. The topological polar surface area (TPSA) is 38.9 Å². The molecule has 0 amide bonds. The lowest BCUT2D eigenvalue weighted by molar-refractivity contribution is -0.137. The van der Waals surface area contributed by atoms with Crippen LogP contribution in [-0.2, 0) is 12.6 Å². The second-order valence-corrected chi connectivity index (χ2v) is 3.95. The lowest BCUT2D eigenvalue weighted by Gasteiger charge is -2.08. The van der Waals surface area contributed by atoms with Gasteiger partial charge in [-0.15, -0.1) is 0 Å². The van der Waals surface area contributed by atoms with E-state index in [4.69, 9.17) is 5.73 Å². The number of benzene rings is 1. The second-order valence-electron chi connectivity index (χ2n) is 3.95. The first-order valence-corrected chi connectivity index (χ1v) is 5.31. The number of pyridine rings is 1. The standard InChI is InChI=1S/C13H11F3N2/c14-13(15,16)11-3-1-9(2-4-11)7-10-8-18-6-5-12(10)17/h1-6,8H,7H2,(H2,17,18). The summed E-state index contributed by atoms with van der Waals surface area (Å²) >= 11 is 0. The van der Waals surface area contributed by atoms with Crippen molar-refractivity contribution in [1.82, 2.24) is 4.98 Å². The summed E-state index contributed by atoms with van der Waals surface area (Å²) in [6, 6.07) is 6.72. The van der Waals surface area contributed by atoms with Gasteiger partial charge in [0.1, 0.15) is 0 Å². The molecular formula is C13H11F3N2. The quantitative estimate of drug-likeness (QED) is 0.890. The Balaban J connectivity index is 2.19. The molecule has 0 saturated carbocycles. The molecule has 18 heavy (non-hydrogen) atoms. The van der Waals surface area contributed by atoms with Crippen molar-refractivity contribution in [1.29, 1.82) is 0 Å². The summed E-state index contributed by atoms with van der Waals surface area (Å²) in [6.45, 7) is 0. The van der Waals surface area contributed by atoms with Gasteiger partial charge in [-0.25, -0.2) is 0 Å². The molecule has 2 aromatic rings. The molecular weight excluding hydrogens is 241 g/mol. The Morgan fingerprint density at radius 1 is 1.06 bits per heavy atom. The van der Waals surface area contributed by atoms with Crippen LogP contribution in [0.5, 0.6) is 0 Å². The van der Waals surface area contributed by atoms with Crippen LogP contribution >= 0.6 is 0 Å². The van der Waals surface area contributed by atoms with Crippen molar-refractivity contribution in [3.63, 3.8) is 0 Å². The number of nitrogen functional groups attached to an aromatic ring is 1. The fraction of sp³-hybridized carbons (Fsp3) is 0.154. The maximum Gasteiger partial charge on any atom is 0.416 e. The number of hydrogen-bond donors (Lipinski definition) is 1. The van der Waals surface area contributed by atoms with Crippen molar-refractivity contribution in [3.8, 4) is 0 Å². The first-order chi connectivity index (χ1) is 8.47. The predicted octanol–water partition coefficient (Wildman–Crippen LogP) is 3.27. The number of anilines is 1. The van der Waals surface area contributed by atoms with E-state index in [2.05, 4.69) is 4.98 Å². The highest BCUT2D eigenvalue weighted by Gasteiger charge is 2.29. The van der Waals surface area contributed by atoms with Crippen molar-refractivity contribution in [2.75, 3.05) is 5.73 Å². The van der Waals surface area contributed by atoms with Gasteiger partial charge in [0.15, 0.2) is 0 Å². The zero-order valence-electron chi connectivity index (χ0n) is 9.41. The minimum Gasteiger partial charge on any atom is -0.398 e. The molecule has 0 aliphatic heterocycles. The van der Waals surface area contributed by atoms with Crippen molar-refractivity contribution in [2.24, 2.45) is 0 Å². The normalized spacial score (nSPS) is 11.5. The van der Waals surface area contributed by atoms with Gasteiger partial charge in [-0.3, -0.25) is 4.98 Å². The molecule has 0 spiro atoms. The first kappa shape index (κ1) is 12.4. The fourth-order valence-corrected chi connectivity index (χ4v) is 1.62. The molecule has 2 N–H and O–H groups in total. The summed E-state index contributed by atoms with van der Waals surface area (Å²) in [6.07, 6.45) is -0.637. The van der Waals surface area contributed by atoms with E-state index in [0.29, 0.717) is 12.1 Å². The summed E-state index contributed by atoms with van der Waals surface area (Å²) in [5.74, 6) is 0. The van der Waals surface area contributed by atoms with Crippen LogP contribution in [0.2, 0.25) is 0 Å². The molecule has 1 aromatic carbocycles. The Morgan fingerprint density at radius 3 is 2.28 bits per heavy atom. The summed E-state index contributed by atoms with van der Waals surface area (Å²) in [7, 11) is 0. The van der Waals surface area contributed by atoms with Gasteiger partial charge in [-0.2, -0.15) is 13.2 Å². The summed E-state index contributed by atoms with van der Waals surface area (Å²) in [4.78, 5) is 3.94. The Bertz CT molecular complexity index is 533. The molecule has 5 heteroatoms. The third kappa shape index (κ3) is 2.80. The van der Waals surface area contributed by atoms with Gasteiger partial charge in [-0.1, -0.05) is 12.1 Å². The maximum atomic E-state index is 12.4. The Morgan fingerprint density at radius 2 is 1.72 bits per heavy atom. The predicted molar refractivity (Wildman–Crippen MR) is 62.9 cm³/mol. The Hall–Kier alpha value is -2.04. The van der Waals surface area contributed by atoms with Crippen LogP contribution < -0.4 is 5.73 Å². The van der Waals surface area contributed by atoms with E-state index >= 15 is 0 Å². The van der Waals surface area contributed by atoms with Gasteiger partial charge in [0.2, 0.25) is 0 Å². The highest BCUT2D eigenvalue weighted by atomic mass is 19.4. The van der Waals surface area contributed by atoms with Crippen molar-refractivity contribution in [3.05, 3.63) is 59.4 Å². The van der Waals surface area contributed by atoms with Crippen molar-refractivity contribution >= 4 is 5.69 Å². The van der Waals surface area contributed by atoms with Crippen LogP contribution in [0, 0.1) is 0 Å². The lowest BCUT2D eigenvalue weighted by Crippen LogP contribution is -2.04. The Kier molecular flexibility index (Phi) is 3.23. The number of nitrogens with zero attached hydrogens (tertiary/aromatic N) is 1. The van der Waals surface area contributed by atoms with E-state index in [1.165, 1.54) is 12.1 Å². The molecule has 0 aliphatic carbocycles. The van der Waals surface area contributed by atoms with Gasteiger partial charge in [-0.05, 0) is 29.3 Å². The fourth-order valence-electron chi connectivity index (χ4n) is 1.62. The lowest BCUT2D eigenvalue weighted by atomic mass is 10.0. The van der Waals surface area contributed by atoms with E-state index in [-0.39, 0.29) is 0 Å². The maximum absolute atomic E-state index is 12.4. The molecule has 2 rings (SSSR count). The average molecular weight is 252 g/mol. The monoisotopic (exact) mass is 252 g/mol. The molecule has 0 bridgehead atoms. The molecule has 1 aromatic heterocycles. The molecule has 1 heterocycles. The molecule has 2 nitrogen and oxygen atoms in total. The number of aromatic nitrogens is 1. The van der Waals surface area contributed by atoms with E-state index in [0.717, 1.165) is 23.3 Å². The van der Waals surface area contributed by atoms with Crippen LogP contribution in [0.25, 0.3) is 0 Å². The van der Waals surface area contributed by atoms with Gasteiger partial charge in [0.25, 0.3) is 0 Å². The first-order valence-electron chi connectivity index (χ1n) is 5.31. The highest BCUT2D eigenvalue weighted by Crippen LogP contribution is 2.29. The van der Waals surface area contributed by atoms with Crippen molar-refractivity contribution in [2.45, 2.75) is 12.6 Å². The van der Waals surface area contributed by atoms with E-state index in [9.17, 15) is 13.2 Å². The largest absolute Gasteiger partial charge is 0.416 e. The van der Waals surface area contributed by atoms with Crippen LogP contribution in [0.1, 0.15) is 16.7 Å². The molecule has 0 saturated heterocycles. The third-order valence-electron chi connectivity index (χ3n) is 2.62. The van der Waals surface area contributed by atoms with Gasteiger partial charge >= 0.3 is 6.18 Å². The zero-order valence-corrected chi connectivity index (χ0v) is 9.41. The van der Waals surface area contributed by atoms with Crippen LogP contribution in [0.3, 0.4) is 0 Å². The van der Waals surface area contributed by atoms with Crippen molar-refractivity contribution < 1.29 is 13.2 Å². The third-order valence-corrected chi connectivity index (χ3v) is 2.62. The van der Waals surface area contributed by atoms with Crippen LogP contribution in [0.4, 0.5) is 18.9 Å².